The Morgan fingerprint density at radius 1 is 1.73 bits per heavy atom. The van der Waals surface area contributed by atoms with E-state index in [4.69, 9.17) is 17.3 Å². The molecule has 3 N–H and O–H groups in total. The van der Waals surface area contributed by atoms with Crippen molar-refractivity contribution < 1.29 is 0 Å². The highest BCUT2D eigenvalue weighted by Crippen LogP contribution is 2.37. The molecule has 0 aromatic carbocycles. The van der Waals surface area contributed by atoms with Gasteiger partial charge in [-0.05, 0) is 23.5 Å². The monoisotopic (exact) mass is 170 g/mol. The van der Waals surface area contributed by atoms with E-state index in [-0.39, 0.29) is 6.04 Å². The summed E-state index contributed by atoms with van der Waals surface area (Å²) in [7, 11) is 0. The minimum absolute atomic E-state index is 0.175. The average Bonchev–Trinajstić information content (AvgIpc) is 2.43. The zero-order chi connectivity index (χ0) is 8.01. The Morgan fingerprint density at radius 2 is 2.45 bits per heavy atom. The van der Waals surface area contributed by atoms with Gasteiger partial charge in [-0.2, -0.15) is 0 Å². The van der Waals surface area contributed by atoms with Crippen LogP contribution in [0, 0.1) is 5.92 Å². The van der Waals surface area contributed by atoms with Gasteiger partial charge in [-0.1, -0.05) is 18.5 Å². The van der Waals surface area contributed by atoms with Crippen LogP contribution >= 0.6 is 11.6 Å². The van der Waals surface area contributed by atoms with Crippen LogP contribution in [0.2, 0.25) is 5.15 Å². The van der Waals surface area contributed by atoms with E-state index in [9.17, 15) is 0 Å². The molecule has 0 aliphatic heterocycles. The van der Waals surface area contributed by atoms with Crippen molar-refractivity contribution in [2.45, 2.75) is 19.4 Å². The molecule has 2 unspecified atom stereocenters. The molecule has 3 heteroatoms. The Balaban J connectivity index is 2.47. The molecule has 0 amide bonds. The number of fused-ring (bicyclic) bond motifs is 1. The minimum Gasteiger partial charge on any atom is -0.352 e. The summed E-state index contributed by atoms with van der Waals surface area (Å²) in [6.07, 6.45) is 2.94. The molecule has 1 aromatic rings. The summed E-state index contributed by atoms with van der Waals surface area (Å²) >= 11 is 5.90. The average molecular weight is 171 g/mol. The standard InChI is InChI=1S/C8H11ClN2/c1-4-2-5-6(7(4)10)3-11-8(5)9/h3-4,7,11H,2,10H2,1H3. The Morgan fingerprint density at radius 3 is 3.09 bits per heavy atom. The van der Waals surface area contributed by atoms with Gasteiger partial charge in [-0.3, -0.25) is 0 Å². The molecule has 1 heterocycles. The molecule has 2 rings (SSSR count). The van der Waals surface area contributed by atoms with E-state index in [1.54, 1.807) is 0 Å². The molecular formula is C8H11ClN2. The maximum absolute atomic E-state index is 5.92. The molecule has 1 aliphatic carbocycles. The molecule has 60 valence electrons. The van der Waals surface area contributed by atoms with Crippen LogP contribution in [0.3, 0.4) is 0 Å². The van der Waals surface area contributed by atoms with E-state index >= 15 is 0 Å². The van der Waals surface area contributed by atoms with Crippen LogP contribution in [0.15, 0.2) is 6.20 Å². The smallest absolute Gasteiger partial charge is 0.109 e. The molecular weight excluding hydrogens is 160 g/mol. The van der Waals surface area contributed by atoms with E-state index in [1.807, 2.05) is 6.20 Å². The lowest BCUT2D eigenvalue weighted by molar-refractivity contribution is 0.511. The van der Waals surface area contributed by atoms with Crippen molar-refractivity contribution in [1.82, 2.24) is 4.98 Å². The highest BCUT2D eigenvalue weighted by molar-refractivity contribution is 6.30. The molecule has 0 bridgehead atoms. The molecule has 0 saturated carbocycles. The number of hydrogen-bond donors (Lipinski definition) is 2. The number of nitrogens with one attached hydrogen (secondary N) is 1. The third kappa shape index (κ3) is 0.898. The highest BCUT2D eigenvalue weighted by atomic mass is 35.5. The van der Waals surface area contributed by atoms with E-state index in [0.717, 1.165) is 11.6 Å². The van der Waals surface area contributed by atoms with Crippen molar-refractivity contribution >= 4 is 11.6 Å². The van der Waals surface area contributed by atoms with Crippen molar-refractivity contribution in [3.05, 3.63) is 22.5 Å². The summed E-state index contributed by atoms with van der Waals surface area (Å²) in [6, 6.07) is 0.175. The highest BCUT2D eigenvalue weighted by Gasteiger charge is 2.28. The quantitative estimate of drug-likeness (QED) is 0.613. The van der Waals surface area contributed by atoms with E-state index in [1.165, 1.54) is 11.1 Å². The summed E-state index contributed by atoms with van der Waals surface area (Å²) < 4.78 is 0. The van der Waals surface area contributed by atoms with Gasteiger partial charge in [0.15, 0.2) is 0 Å². The van der Waals surface area contributed by atoms with Crippen LogP contribution in [-0.2, 0) is 6.42 Å². The third-order valence-electron chi connectivity index (χ3n) is 2.47. The Hall–Kier alpha value is -0.470. The van der Waals surface area contributed by atoms with Crippen LogP contribution in [0.1, 0.15) is 24.1 Å². The van der Waals surface area contributed by atoms with Crippen molar-refractivity contribution in [3.8, 4) is 0 Å². The first-order chi connectivity index (χ1) is 5.20. The second-order valence-corrected chi connectivity index (χ2v) is 3.62. The number of aromatic nitrogens is 1. The van der Waals surface area contributed by atoms with E-state index < -0.39 is 0 Å². The third-order valence-corrected chi connectivity index (χ3v) is 2.80. The predicted octanol–water partition coefficient (Wildman–Crippen LogP) is 1.86. The largest absolute Gasteiger partial charge is 0.352 e. The molecule has 11 heavy (non-hydrogen) atoms. The first-order valence-corrected chi connectivity index (χ1v) is 4.19. The molecule has 2 nitrogen and oxygen atoms in total. The number of hydrogen-bond acceptors (Lipinski definition) is 1. The summed E-state index contributed by atoms with van der Waals surface area (Å²) in [5.41, 5.74) is 8.34. The van der Waals surface area contributed by atoms with Crippen LogP contribution < -0.4 is 5.73 Å². The van der Waals surface area contributed by atoms with Crippen molar-refractivity contribution in [1.29, 1.82) is 0 Å². The SMILES string of the molecule is CC1Cc2c(c[nH]c2Cl)C1N. The first kappa shape index (κ1) is 7.19. The van der Waals surface area contributed by atoms with Gasteiger partial charge in [0.2, 0.25) is 0 Å². The maximum atomic E-state index is 5.92. The lowest BCUT2D eigenvalue weighted by atomic mass is 10.1. The van der Waals surface area contributed by atoms with Gasteiger partial charge >= 0.3 is 0 Å². The minimum atomic E-state index is 0.175. The Kier molecular flexibility index (Phi) is 1.48. The first-order valence-electron chi connectivity index (χ1n) is 3.81. The lowest BCUT2D eigenvalue weighted by Crippen LogP contribution is -2.13. The molecule has 1 aliphatic rings. The molecule has 0 spiro atoms. The molecule has 0 radical (unpaired) electrons. The molecule has 0 fully saturated rings. The van der Waals surface area contributed by atoms with Crippen LogP contribution in [-0.4, -0.2) is 4.98 Å². The van der Waals surface area contributed by atoms with E-state index in [2.05, 4.69) is 11.9 Å². The van der Waals surface area contributed by atoms with Crippen LogP contribution in [0.5, 0.6) is 0 Å². The van der Waals surface area contributed by atoms with Gasteiger partial charge in [-0.25, -0.2) is 0 Å². The summed E-state index contributed by atoms with van der Waals surface area (Å²) in [5.74, 6) is 0.534. The Labute approximate surface area is 70.7 Å². The fraction of sp³-hybridized carbons (Fsp3) is 0.500. The number of halogens is 1. The van der Waals surface area contributed by atoms with Crippen LogP contribution in [0.4, 0.5) is 0 Å². The lowest BCUT2D eigenvalue weighted by Gasteiger charge is -2.08. The number of aromatic amines is 1. The second kappa shape index (κ2) is 2.26. The Bertz CT molecular complexity index is 280. The topological polar surface area (TPSA) is 41.8 Å². The van der Waals surface area contributed by atoms with Crippen molar-refractivity contribution in [3.63, 3.8) is 0 Å². The van der Waals surface area contributed by atoms with Gasteiger partial charge in [0.1, 0.15) is 5.15 Å². The van der Waals surface area contributed by atoms with Gasteiger partial charge < -0.3 is 10.7 Å². The number of H-pyrrole nitrogens is 1. The molecule has 1 aromatic heterocycles. The van der Waals surface area contributed by atoms with Crippen LogP contribution in [0.25, 0.3) is 0 Å². The summed E-state index contributed by atoms with van der Waals surface area (Å²) in [4.78, 5) is 2.98. The van der Waals surface area contributed by atoms with Crippen molar-refractivity contribution in [2.24, 2.45) is 11.7 Å². The molecule has 0 saturated heterocycles. The fourth-order valence-electron chi connectivity index (χ4n) is 1.70. The predicted molar refractivity (Wildman–Crippen MR) is 45.6 cm³/mol. The normalized spacial score (nSPS) is 29.0. The van der Waals surface area contributed by atoms with Gasteiger partial charge in [0.05, 0.1) is 0 Å². The summed E-state index contributed by atoms with van der Waals surface area (Å²) in [5, 5.41) is 0.764. The number of rotatable bonds is 0. The zero-order valence-electron chi connectivity index (χ0n) is 6.39. The van der Waals surface area contributed by atoms with Gasteiger partial charge in [0.25, 0.3) is 0 Å². The van der Waals surface area contributed by atoms with Gasteiger partial charge in [0, 0.05) is 12.2 Å². The zero-order valence-corrected chi connectivity index (χ0v) is 7.15. The fourth-order valence-corrected chi connectivity index (χ4v) is 1.94. The van der Waals surface area contributed by atoms with Gasteiger partial charge in [-0.15, -0.1) is 0 Å². The maximum Gasteiger partial charge on any atom is 0.109 e. The number of nitrogens with two attached hydrogens (primary N) is 1. The second-order valence-electron chi connectivity index (χ2n) is 3.24. The van der Waals surface area contributed by atoms with E-state index in [0.29, 0.717) is 5.92 Å². The van der Waals surface area contributed by atoms with Crippen molar-refractivity contribution in [2.75, 3.05) is 0 Å². The molecule has 2 atom stereocenters. The summed E-state index contributed by atoms with van der Waals surface area (Å²) in [6.45, 7) is 2.15.